The van der Waals surface area contributed by atoms with Crippen LogP contribution < -0.4 is 10.3 Å². The summed E-state index contributed by atoms with van der Waals surface area (Å²) < 4.78 is 7.22. The van der Waals surface area contributed by atoms with Gasteiger partial charge in [0.05, 0.1) is 17.6 Å². The molecule has 0 bridgehead atoms. The molecule has 2 aromatic rings. The molecule has 0 radical (unpaired) electrons. The van der Waals surface area contributed by atoms with E-state index >= 15 is 0 Å². The van der Waals surface area contributed by atoms with Crippen molar-refractivity contribution < 1.29 is 24.9 Å². The maximum atomic E-state index is 12.5. The number of aliphatic hydroxyl groups excluding tert-OH is 3. The zero-order chi connectivity index (χ0) is 21.1. The van der Waals surface area contributed by atoms with Crippen molar-refractivity contribution in [2.24, 2.45) is 10.5 Å². The quantitative estimate of drug-likeness (QED) is 0.515. The molecule has 1 amide bonds. The van der Waals surface area contributed by atoms with E-state index in [2.05, 4.69) is 20.4 Å². The second kappa shape index (κ2) is 6.73. The highest BCUT2D eigenvalue weighted by Crippen LogP contribution is 2.37. The highest BCUT2D eigenvalue weighted by molar-refractivity contribution is 6.18. The fourth-order valence-corrected chi connectivity index (χ4v) is 3.44. The first kappa shape index (κ1) is 19.7. The lowest BCUT2D eigenvalue weighted by Gasteiger charge is -2.23. The number of aromatic nitrogens is 3. The third-order valence-corrected chi connectivity index (χ3v) is 5.11. The van der Waals surface area contributed by atoms with Crippen LogP contribution in [0.1, 0.15) is 32.6 Å². The predicted octanol–water partition coefficient (Wildman–Crippen LogP) is -0.683. The summed E-state index contributed by atoms with van der Waals surface area (Å²) in [6, 6.07) is 0. The van der Waals surface area contributed by atoms with Gasteiger partial charge in [-0.1, -0.05) is 20.8 Å². The summed E-state index contributed by atoms with van der Waals surface area (Å²) in [7, 11) is 1.71. The van der Waals surface area contributed by atoms with Gasteiger partial charge in [-0.2, -0.15) is 5.10 Å². The lowest BCUT2D eigenvalue weighted by molar-refractivity contribution is -0.126. The van der Waals surface area contributed by atoms with Crippen molar-refractivity contribution in [2.45, 2.75) is 45.3 Å². The first-order chi connectivity index (χ1) is 13.6. The Morgan fingerprint density at radius 1 is 1.28 bits per heavy atom. The molecule has 1 unspecified atom stereocenters. The monoisotopic (exact) mass is 404 g/mol. The molecule has 1 saturated heterocycles. The SMILES string of the molecule is CN1N=C(NC(=O)C(C)(C)C)c2cn(C3O[C@H](CO)[C@@H](O)[C@H]3O)c3ncnc1c23. The zero-order valence-corrected chi connectivity index (χ0v) is 16.6. The van der Waals surface area contributed by atoms with Crippen LogP contribution in [0.2, 0.25) is 0 Å². The number of rotatable bonds is 2. The summed E-state index contributed by atoms with van der Waals surface area (Å²) in [6.45, 7) is 4.96. The Morgan fingerprint density at radius 3 is 2.62 bits per heavy atom. The molecule has 11 nitrogen and oxygen atoms in total. The fraction of sp³-hybridized carbons (Fsp3) is 0.556. The van der Waals surface area contributed by atoms with Crippen LogP contribution in [-0.4, -0.2) is 73.6 Å². The van der Waals surface area contributed by atoms with Crippen molar-refractivity contribution in [3.8, 4) is 0 Å². The first-order valence-electron chi connectivity index (χ1n) is 9.25. The molecular weight excluding hydrogens is 380 g/mol. The Balaban J connectivity index is 1.82. The summed E-state index contributed by atoms with van der Waals surface area (Å²) in [5, 5.41) is 39.4. The molecule has 1 fully saturated rings. The van der Waals surface area contributed by atoms with Crippen molar-refractivity contribution in [3.63, 3.8) is 0 Å². The third kappa shape index (κ3) is 3.06. The van der Waals surface area contributed by atoms with Gasteiger partial charge >= 0.3 is 0 Å². The molecule has 2 aromatic heterocycles. The lowest BCUT2D eigenvalue weighted by Crippen LogP contribution is -2.41. The van der Waals surface area contributed by atoms with Crippen molar-refractivity contribution in [1.29, 1.82) is 0 Å². The van der Waals surface area contributed by atoms with E-state index in [9.17, 15) is 20.1 Å². The number of hydrazone groups is 1. The van der Waals surface area contributed by atoms with Gasteiger partial charge in [0, 0.05) is 18.7 Å². The number of carbonyl (C=O) groups excluding carboxylic acids is 1. The maximum absolute atomic E-state index is 12.5. The van der Waals surface area contributed by atoms with E-state index in [1.807, 2.05) is 0 Å². The molecule has 2 aliphatic heterocycles. The molecule has 156 valence electrons. The number of anilines is 1. The van der Waals surface area contributed by atoms with Gasteiger partial charge in [0.2, 0.25) is 5.91 Å². The van der Waals surface area contributed by atoms with E-state index in [1.54, 1.807) is 38.6 Å². The van der Waals surface area contributed by atoms with Gasteiger partial charge in [-0.05, 0) is 0 Å². The third-order valence-electron chi connectivity index (χ3n) is 5.11. The number of nitrogens with one attached hydrogen (secondary N) is 1. The van der Waals surface area contributed by atoms with E-state index in [1.165, 1.54) is 11.3 Å². The molecule has 0 aromatic carbocycles. The van der Waals surface area contributed by atoms with Crippen LogP contribution in [0.15, 0.2) is 17.6 Å². The Morgan fingerprint density at radius 2 is 2.00 bits per heavy atom. The number of nitrogens with zero attached hydrogens (tertiary/aromatic N) is 5. The van der Waals surface area contributed by atoms with E-state index in [0.717, 1.165) is 0 Å². The number of aliphatic hydroxyl groups is 3. The van der Waals surface area contributed by atoms with Crippen molar-refractivity contribution in [2.75, 3.05) is 18.7 Å². The standard InChI is InChI=1S/C18H24N6O5/c1-18(2,3)17(28)21-13-8-5-24(16-12(27)11(26)9(6-25)29-16)15-10(8)14(19-7-20-15)23(4)22-13/h5,7,9,11-12,16,25-27H,6H2,1-4H3,(H,21,22,28)/t9-,11-,12-,16?/m1/s1. The van der Waals surface area contributed by atoms with Crippen LogP contribution in [0.5, 0.6) is 0 Å². The average molecular weight is 404 g/mol. The Labute approximate surface area is 166 Å². The largest absolute Gasteiger partial charge is 0.394 e. The minimum Gasteiger partial charge on any atom is -0.394 e. The summed E-state index contributed by atoms with van der Waals surface area (Å²) in [4.78, 5) is 21.1. The molecule has 4 N–H and O–H groups in total. The summed E-state index contributed by atoms with van der Waals surface area (Å²) in [5.74, 6) is 0.647. The Kier molecular flexibility index (Phi) is 4.57. The number of carbonyl (C=O) groups is 1. The number of hydrogen-bond donors (Lipinski definition) is 4. The van der Waals surface area contributed by atoms with Gasteiger partial charge in [0.1, 0.15) is 30.3 Å². The molecule has 0 aliphatic carbocycles. The number of ether oxygens (including phenoxy) is 1. The second-order valence-electron chi connectivity index (χ2n) is 8.25. The van der Waals surface area contributed by atoms with Crippen LogP contribution >= 0.6 is 0 Å². The predicted molar refractivity (Wildman–Crippen MR) is 103 cm³/mol. The fourth-order valence-electron chi connectivity index (χ4n) is 3.44. The van der Waals surface area contributed by atoms with Gasteiger partial charge in [0.25, 0.3) is 0 Å². The highest BCUT2D eigenvalue weighted by Gasteiger charge is 2.44. The van der Waals surface area contributed by atoms with Gasteiger partial charge in [0.15, 0.2) is 17.9 Å². The van der Waals surface area contributed by atoms with Crippen LogP contribution in [0.3, 0.4) is 0 Å². The number of amidine groups is 1. The molecule has 0 spiro atoms. The second-order valence-corrected chi connectivity index (χ2v) is 8.25. The van der Waals surface area contributed by atoms with Crippen LogP contribution in [0, 0.1) is 5.41 Å². The summed E-state index contributed by atoms with van der Waals surface area (Å²) in [6.07, 6.45) is -1.38. The van der Waals surface area contributed by atoms with E-state index in [4.69, 9.17) is 4.74 Å². The van der Waals surface area contributed by atoms with Gasteiger partial charge < -0.3 is 29.9 Å². The normalized spacial score (nSPS) is 26.7. The van der Waals surface area contributed by atoms with Gasteiger partial charge in [-0.25, -0.2) is 15.0 Å². The summed E-state index contributed by atoms with van der Waals surface area (Å²) in [5.41, 5.74) is 0.396. The summed E-state index contributed by atoms with van der Waals surface area (Å²) >= 11 is 0. The lowest BCUT2D eigenvalue weighted by atomic mass is 9.95. The smallest absolute Gasteiger partial charge is 0.230 e. The minimum absolute atomic E-state index is 0.209. The maximum Gasteiger partial charge on any atom is 0.230 e. The first-order valence-corrected chi connectivity index (χ1v) is 9.25. The molecule has 4 heterocycles. The van der Waals surface area contributed by atoms with Crippen LogP contribution in [-0.2, 0) is 9.53 Å². The molecule has 11 heteroatoms. The van der Waals surface area contributed by atoms with Crippen molar-refractivity contribution >= 4 is 28.6 Å². The van der Waals surface area contributed by atoms with E-state index in [-0.39, 0.29) is 5.91 Å². The molecule has 0 saturated carbocycles. The van der Waals surface area contributed by atoms with Crippen molar-refractivity contribution in [3.05, 3.63) is 18.1 Å². The van der Waals surface area contributed by atoms with Crippen LogP contribution in [0.4, 0.5) is 5.82 Å². The molecule has 29 heavy (non-hydrogen) atoms. The minimum atomic E-state index is -1.27. The molecule has 2 aliphatic rings. The topological polar surface area (TPSA) is 145 Å². The highest BCUT2D eigenvalue weighted by atomic mass is 16.6. The Bertz CT molecular complexity index is 997. The number of hydrogen-bond acceptors (Lipinski definition) is 9. The van der Waals surface area contributed by atoms with Gasteiger partial charge in [-0.15, -0.1) is 0 Å². The van der Waals surface area contributed by atoms with E-state index < -0.39 is 36.6 Å². The average Bonchev–Trinajstić information content (AvgIpc) is 3.18. The van der Waals surface area contributed by atoms with Crippen LogP contribution in [0.25, 0.3) is 11.0 Å². The molecular formula is C18H24N6O5. The molecule has 4 atom stereocenters. The molecule has 4 rings (SSSR count). The number of amides is 1. The Hall–Kier alpha value is -2.60. The zero-order valence-electron chi connectivity index (χ0n) is 16.6. The van der Waals surface area contributed by atoms with E-state index in [0.29, 0.717) is 28.3 Å². The van der Waals surface area contributed by atoms with Gasteiger partial charge in [-0.3, -0.25) is 4.79 Å². The van der Waals surface area contributed by atoms with Crippen molar-refractivity contribution in [1.82, 2.24) is 19.9 Å².